The van der Waals surface area contributed by atoms with Gasteiger partial charge in [-0.15, -0.1) is 0 Å². The number of carboxylic acid groups (broad SMARTS) is 1. The third-order valence-corrected chi connectivity index (χ3v) is 8.37. The Kier molecular flexibility index (Phi) is 5.37. The van der Waals surface area contributed by atoms with Gasteiger partial charge in [-0.2, -0.15) is 0 Å². The summed E-state index contributed by atoms with van der Waals surface area (Å²) in [4.78, 5) is 14.0. The van der Waals surface area contributed by atoms with Gasteiger partial charge >= 0.3 is 5.97 Å². The van der Waals surface area contributed by atoms with Crippen LogP contribution >= 0.6 is 11.6 Å². The topological polar surface area (TPSA) is 70.0 Å². The number of fused-ring (bicyclic) bond motifs is 3. The second kappa shape index (κ2) is 7.96. The molecule has 170 valence electrons. The molecule has 1 aliphatic heterocycles. The van der Waals surface area contributed by atoms with E-state index >= 15 is 0 Å². The van der Waals surface area contributed by atoms with Crippen molar-refractivity contribution in [2.75, 3.05) is 31.2 Å². The molecule has 3 aliphatic rings. The largest absolute Gasteiger partial charge is 0.490 e. The minimum atomic E-state index is -0.937. The van der Waals surface area contributed by atoms with Crippen LogP contribution in [-0.4, -0.2) is 42.5 Å². The average molecular weight is 456 g/mol. The second-order valence-corrected chi connectivity index (χ2v) is 10.6. The number of carbonyl (C=O) groups is 1. The van der Waals surface area contributed by atoms with Gasteiger partial charge in [0.1, 0.15) is 5.75 Å². The molecule has 2 aliphatic carbocycles. The molecule has 1 unspecified atom stereocenters. The van der Waals surface area contributed by atoms with Crippen LogP contribution in [0.25, 0.3) is 0 Å². The van der Waals surface area contributed by atoms with Crippen molar-refractivity contribution < 1.29 is 19.7 Å². The van der Waals surface area contributed by atoms with Gasteiger partial charge in [-0.05, 0) is 84.9 Å². The molecule has 0 amide bonds. The fraction of sp³-hybridized carbons (Fsp3) is 0.500. The van der Waals surface area contributed by atoms with Crippen LogP contribution in [0.15, 0.2) is 36.4 Å². The lowest BCUT2D eigenvalue weighted by Crippen LogP contribution is -2.51. The number of benzene rings is 2. The highest BCUT2D eigenvalue weighted by atomic mass is 35.5. The first-order valence-electron chi connectivity index (χ1n) is 11.5. The van der Waals surface area contributed by atoms with Gasteiger partial charge in [-0.3, -0.25) is 0 Å². The number of anilines is 1. The molecule has 1 heterocycles. The van der Waals surface area contributed by atoms with E-state index in [1.807, 2.05) is 6.07 Å². The Morgan fingerprint density at radius 1 is 1.25 bits per heavy atom. The number of ether oxygens (including phenoxy) is 1. The predicted molar refractivity (Wildman–Crippen MR) is 125 cm³/mol. The summed E-state index contributed by atoms with van der Waals surface area (Å²) < 4.78 is 6.39. The van der Waals surface area contributed by atoms with Gasteiger partial charge in [0.2, 0.25) is 0 Å². The fourth-order valence-corrected chi connectivity index (χ4v) is 6.07. The van der Waals surface area contributed by atoms with E-state index in [0.717, 1.165) is 61.7 Å². The van der Waals surface area contributed by atoms with Crippen molar-refractivity contribution in [1.29, 1.82) is 0 Å². The zero-order chi connectivity index (χ0) is 22.5. The van der Waals surface area contributed by atoms with Crippen LogP contribution < -0.4 is 9.64 Å². The summed E-state index contributed by atoms with van der Waals surface area (Å²) in [7, 11) is 0. The number of carboxylic acids is 1. The first kappa shape index (κ1) is 21.6. The van der Waals surface area contributed by atoms with Crippen molar-refractivity contribution in [1.82, 2.24) is 0 Å². The Morgan fingerprint density at radius 3 is 2.81 bits per heavy atom. The lowest BCUT2D eigenvalue weighted by molar-refractivity contribution is -0.00580. The Hall–Kier alpha value is -2.24. The van der Waals surface area contributed by atoms with E-state index in [2.05, 4.69) is 24.0 Å². The summed E-state index contributed by atoms with van der Waals surface area (Å²) in [6.45, 7) is 4.42. The summed E-state index contributed by atoms with van der Waals surface area (Å²) in [5.41, 5.74) is 3.43. The molecule has 0 aromatic heterocycles. The molecule has 5 rings (SSSR count). The van der Waals surface area contributed by atoms with Crippen LogP contribution in [0.3, 0.4) is 0 Å². The molecule has 0 saturated heterocycles. The van der Waals surface area contributed by atoms with Crippen molar-refractivity contribution >= 4 is 23.3 Å². The van der Waals surface area contributed by atoms with Crippen LogP contribution in [0.4, 0.5) is 5.69 Å². The van der Waals surface area contributed by atoms with E-state index in [0.29, 0.717) is 12.5 Å². The van der Waals surface area contributed by atoms with Gasteiger partial charge < -0.3 is 19.8 Å². The number of hydrogen-bond acceptors (Lipinski definition) is 4. The molecular weight excluding hydrogens is 426 g/mol. The van der Waals surface area contributed by atoms with Gasteiger partial charge in [0, 0.05) is 30.1 Å². The maximum Gasteiger partial charge on any atom is 0.335 e. The highest BCUT2D eigenvalue weighted by Crippen LogP contribution is 2.49. The Labute approximate surface area is 194 Å². The van der Waals surface area contributed by atoms with E-state index in [4.69, 9.17) is 16.3 Å². The third kappa shape index (κ3) is 3.56. The van der Waals surface area contributed by atoms with Crippen LogP contribution in [0.1, 0.15) is 54.1 Å². The SMILES string of the molecule is C[C@]1(CO)CC[C@H]1CN1CC2(CCCc3cc(Cl)ccc32)COc2ccc(C(=O)O)cc21. The summed E-state index contributed by atoms with van der Waals surface area (Å²) in [5.74, 6) is 0.156. The maximum absolute atomic E-state index is 11.7. The molecule has 0 radical (unpaired) electrons. The van der Waals surface area contributed by atoms with E-state index in [9.17, 15) is 15.0 Å². The van der Waals surface area contributed by atoms with Crippen LogP contribution in [0.5, 0.6) is 5.75 Å². The predicted octanol–water partition coefficient (Wildman–Crippen LogP) is 4.92. The summed E-state index contributed by atoms with van der Waals surface area (Å²) >= 11 is 6.31. The highest BCUT2D eigenvalue weighted by molar-refractivity contribution is 6.30. The number of aromatic carboxylic acids is 1. The molecule has 1 spiro atoms. The summed E-state index contributed by atoms with van der Waals surface area (Å²) in [6, 6.07) is 11.4. The van der Waals surface area contributed by atoms with Gasteiger partial charge in [-0.25, -0.2) is 4.79 Å². The number of aliphatic hydroxyl groups is 1. The number of halogens is 1. The molecular formula is C26H30ClNO4. The number of nitrogens with zero attached hydrogens (tertiary/aromatic N) is 1. The highest BCUT2D eigenvalue weighted by Gasteiger charge is 2.46. The summed E-state index contributed by atoms with van der Waals surface area (Å²) in [6.07, 6.45) is 5.19. The molecule has 32 heavy (non-hydrogen) atoms. The zero-order valence-corrected chi connectivity index (χ0v) is 19.2. The maximum atomic E-state index is 11.7. The molecule has 2 aromatic rings. The molecule has 1 saturated carbocycles. The van der Waals surface area contributed by atoms with Gasteiger partial charge in [0.05, 0.1) is 17.9 Å². The molecule has 6 heteroatoms. The minimum absolute atomic E-state index is 0.0805. The zero-order valence-electron chi connectivity index (χ0n) is 18.4. The monoisotopic (exact) mass is 455 g/mol. The van der Waals surface area contributed by atoms with Crippen molar-refractivity contribution in [3.05, 3.63) is 58.1 Å². The standard InChI is InChI=1S/C26H30ClNO4/c1-25(15-29)10-8-19(25)13-28-14-26(9-2-3-17-11-20(27)5-6-21(17)26)16-32-23-7-4-18(24(30)31)12-22(23)28/h4-7,11-12,19,29H,2-3,8-10,13-16H2,1H3,(H,30,31)/t19-,25+,26?/m0/s1. The quantitative estimate of drug-likeness (QED) is 0.684. The molecule has 5 nitrogen and oxygen atoms in total. The lowest BCUT2D eigenvalue weighted by Gasteiger charge is -2.49. The molecule has 0 bridgehead atoms. The third-order valence-electron chi connectivity index (χ3n) is 8.14. The molecule has 3 atom stereocenters. The van der Waals surface area contributed by atoms with Crippen LogP contribution in [0, 0.1) is 11.3 Å². The van der Waals surface area contributed by atoms with E-state index < -0.39 is 5.97 Å². The first-order chi connectivity index (χ1) is 15.3. The number of rotatable bonds is 4. The Balaban J connectivity index is 1.57. The number of hydrogen-bond donors (Lipinski definition) is 2. The summed E-state index contributed by atoms with van der Waals surface area (Å²) in [5, 5.41) is 20.3. The van der Waals surface area contributed by atoms with Gasteiger partial charge in [0.15, 0.2) is 0 Å². The normalized spacial score (nSPS) is 28.8. The molecule has 1 fully saturated rings. The van der Waals surface area contributed by atoms with Crippen molar-refractivity contribution in [2.24, 2.45) is 11.3 Å². The average Bonchev–Trinajstić information content (AvgIpc) is 2.93. The number of aliphatic hydroxyl groups excluding tert-OH is 1. The van der Waals surface area contributed by atoms with Crippen molar-refractivity contribution in [2.45, 2.75) is 44.4 Å². The van der Waals surface area contributed by atoms with Crippen LogP contribution in [-0.2, 0) is 11.8 Å². The molecule has 2 N–H and O–H groups in total. The minimum Gasteiger partial charge on any atom is -0.490 e. The lowest BCUT2D eigenvalue weighted by atomic mass is 9.61. The Bertz CT molecular complexity index is 1050. The fourth-order valence-electron chi connectivity index (χ4n) is 5.87. The van der Waals surface area contributed by atoms with Gasteiger partial charge in [-0.1, -0.05) is 24.6 Å². The van der Waals surface area contributed by atoms with E-state index in [1.54, 1.807) is 18.2 Å². The van der Waals surface area contributed by atoms with Gasteiger partial charge in [0.25, 0.3) is 0 Å². The van der Waals surface area contributed by atoms with Crippen molar-refractivity contribution in [3.8, 4) is 5.75 Å². The van der Waals surface area contributed by atoms with Crippen LogP contribution in [0.2, 0.25) is 5.02 Å². The van der Waals surface area contributed by atoms with E-state index in [1.165, 1.54) is 11.1 Å². The van der Waals surface area contributed by atoms with Crippen molar-refractivity contribution in [3.63, 3.8) is 0 Å². The Morgan fingerprint density at radius 2 is 2.09 bits per heavy atom. The second-order valence-electron chi connectivity index (χ2n) is 10.1. The smallest absolute Gasteiger partial charge is 0.335 e. The first-order valence-corrected chi connectivity index (χ1v) is 11.9. The van der Waals surface area contributed by atoms with E-state index in [-0.39, 0.29) is 23.0 Å². The molecule has 2 aromatic carbocycles. The number of aryl methyl sites for hydroxylation is 1.